The fourth-order valence-electron chi connectivity index (χ4n) is 1.66. The van der Waals surface area contributed by atoms with Crippen LogP contribution in [0.25, 0.3) is 0 Å². The molecule has 0 atom stereocenters. The topological polar surface area (TPSA) is 46.2 Å². The normalized spacial score (nSPS) is 10.0. The summed E-state index contributed by atoms with van der Waals surface area (Å²) in [4.78, 5) is 23.4. The number of carbonyl (C=O) groups excluding carboxylic acids is 2. The second kappa shape index (κ2) is 5.80. The van der Waals surface area contributed by atoms with E-state index in [4.69, 9.17) is 0 Å². The van der Waals surface area contributed by atoms with Gasteiger partial charge in [0.2, 0.25) is 0 Å². The molecule has 0 spiro atoms. The first-order valence-corrected chi connectivity index (χ1v) is 6.54. The second-order valence-electron chi connectivity index (χ2n) is 4.07. The van der Waals surface area contributed by atoms with E-state index < -0.39 is 0 Å². The van der Waals surface area contributed by atoms with Crippen molar-refractivity contribution >= 4 is 33.3 Å². The van der Waals surface area contributed by atoms with Gasteiger partial charge in [-0.2, -0.15) is 0 Å². The third-order valence-corrected chi connectivity index (χ3v) is 3.34. The Balaban J connectivity index is 2.22. The molecule has 0 saturated heterocycles. The van der Waals surface area contributed by atoms with Crippen molar-refractivity contribution in [2.75, 3.05) is 5.32 Å². The van der Waals surface area contributed by atoms with Crippen molar-refractivity contribution in [2.24, 2.45) is 0 Å². The number of hydrogen-bond acceptors (Lipinski definition) is 2. The minimum absolute atomic E-state index is 0.0306. The van der Waals surface area contributed by atoms with Gasteiger partial charge in [-0.05, 0) is 47.1 Å². The predicted octanol–water partition coefficient (Wildman–Crippen LogP) is 3.90. The van der Waals surface area contributed by atoms with Crippen LogP contribution in [0.1, 0.15) is 27.6 Å². The van der Waals surface area contributed by atoms with Crippen molar-refractivity contribution in [1.29, 1.82) is 0 Å². The molecule has 96 valence electrons. The standard InChI is InChI=1S/C15H12BrNO2/c1-10(18)11-5-4-6-12(9-11)17-15(19)13-7-2-3-8-14(13)16/h2-9H,1H3,(H,17,19). The summed E-state index contributed by atoms with van der Waals surface area (Å²) < 4.78 is 0.732. The Morgan fingerprint density at radius 3 is 2.47 bits per heavy atom. The Labute approximate surface area is 119 Å². The molecule has 0 unspecified atom stereocenters. The van der Waals surface area contributed by atoms with Gasteiger partial charge in [-0.1, -0.05) is 24.3 Å². The Morgan fingerprint density at radius 1 is 1.05 bits per heavy atom. The van der Waals surface area contributed by atoms with Gasteiger partial charge in [0.15, 0.2) is 5.78 Å². The summed E-state index contributed by atoms with van der Waals surface area (Å²) in [5.41, 5.74) is 1.73. The maximum atomic E-state index is 12.1. The monoisotopic (exact) mass is 317 g/mol. The van der Waals surface area contributed by atoms with Crippen LogP contribution in [-0.2, 0) is 0 Å². The molecule has 1 N–H and O–H groups in total. The molecular formula is C15H12BrNO2. The van der Waals surface area contributed by atoms with Gasteiger partial charge in [0, 0.05) is 15.7 Å². The zero-order chi connectivity index (χ0) is 13.8. The first-order valence-electron chi connectivity index (χ1n) is 5.75. The summed E-state index contributed by atoms with van der Waals surface area (Å²) in [6.45, 7) is 1.49. The lowest BCUT2D eigenvalue weighted by Gasteiger charge is -2.07. The smallest absolute Gasteiger partial charge is 0.256 e. The number of hydrogen-bond donors (Lipinski definition) is 1. The number of carbonyl (C=O) groups is 2. The van der Waals surface area contributed by atoms with Gasteiger partial charge in [-0.15, -0.1) is 0 Å². The molecule has 3 nitrogen and oxygen atoms in total. The number of Topliss-reactive ketones (excluding diaryl/α,β-unsaturated/α-hetero) is 1. The number of nitrogens with one attached hydrogen (secondary N) is 1. The minimum atomic E-state index is -0.215. The van der Waals surface area contributed by atoms with E-state index in [9.17, 15) is 9.59 Å². The zero-order valence-corrected chi connectivity index (χ0v) is 11.9. The lowest BCUT2D eigenvalue weighted by atomic mass is 10.1. The highest BCUT2D eigenvalue weighted by atomic mass is 79.9. The second-order valence-corrected chi connectivity index (χ2v) is 4.93. The van der Waals surface area contributed by atoms with Crippen molar-refractivity contribution in [2.45, 2.75) is 6.92 Å². The van der Waals surface area contributed by atoms with E-state index in [1.807, 2.05) is 6.07 Å². The first kappa shape index (κ1) is 13.5. The molecular weight excluding hydrogens is 306 g/mol. The average molecular weight is 318 g/mol. The maximum absolute atomic E-state index is 12.1. The predicted molar refractivity (Wildman–Crippen MR) is 78.5 cm³/mol. The Kier molecular flexibility index (Phi) is 4.12. The number of rotatable bonds is 3. The molecule has 0 saturated carbocycles. The van der Waals surface area contributed by atoms with Crippen LogP contribution in [-0.4, -0.2) is 11.7 Å². The van der Waals surface area contributed by atoms with Crippen LogP contribution in [0.3, 0.4) is 0 Å². The largest absolute Gasteiger partial charge is 0.322 e. The molecule has 0 fully saturated rings. The molecule has 0 aliphatic carbocycles. The van der Waals surface area contributed by atoms with Crippen LogP contribution in [0.5, 0.6) is 0 Å². The van der Waals surface area contributed by atoms with Crippen molar-refractivity contribution in [3.63, 3.8) is 0 Å². The summed E-state index contributed by atoms with van der Waals surface area (Å²) >= 11 is 3.33. The fraction of sp³-hybridized carbons (Fsp3) is 0.0667. The van der Waals surface area contributed by atoms with E-state index in [0.717, 1.165) is 4.47 Å². The van der Waals surface area contributed by atoms with Gasteiger partial charge < -0.3 is 5.32 Å². The van der Waals surface area contributed by atoms with Crippen LogP contribution in [0, 0.1) is 0 Å². The van der Waals surface area contributed by atoms with Gasteiger partial charge in [-0.3, -0.25) is 9.59 Å². The summed E-state index contributed by atoms with van der Waals surface area (Å²) in [5.74, 6) is -0.245. The molecule has 0 bridgehead atoms. The third kappa shape index (κ3) is 3.29. The zero-order valence-electron chi connectivity index (χ0n) is 10.3. The van der Waals surface area contributed by atoms with Crippen LogP contribution in [0.4, 0.5) is 5.69 Å². The summed E-state index contributed by atoms with van der Waals surface area (Å²) in [5, 5.41) is 2.77. The Morgan fingerprint density at radius 2 is 1.79 bits per heavy atom. The van der Waals surface area contributed by atoms with Crippen molar-refractivity contribution < 1.29 is 9.59 Å². The fourth-order valence-corrected chi connectivity index (χ4v) is 2.12. The van der Waals surface area contributed by atoms with Crippen LogP contribution >= 0.6 is 15.9 Å². The summed E-state index contributed by atoms with van der Waals surface area (Å²) in [7, 11) is 0. The van der Waals surface area contributed by atoms with Gasteiger partial charge >= 0.3 is 0 Å². The highest BCUT2D eigenvalue weighted by Crippen LogP contribution is 2.18. The molecule has 2 rings (SSSR count). The number of amides is 1. The maximum Gasteiger partial charge on any atom is 0.256 e. The SMILES string of the molecule is CC(=O)c1cccc(NC(=O)c2ccccc2Br)c1. The van der Waals surface area contributed by atoms with Gasteiger partial charge in [0.1, 0.15) is 0 Å². The molecule has 0 heterocycles. The van der Waals surface area contributed by atoms with Crippen LogP contribution in [0.15, 0.2) is 53.0 Å². The lowest BCUT2D eigenvalue weighted by Crippen LogP contribution is -2.12. The van der Waals surface area contributed by atoms with Crippen molar-refractivity contribution in [1.82, 2.24) is 0 Å². The highest BCUT2D eigenvalue weighted by Gasteiger charge is 2.10. The van der Waals surface area contributed by atoms with E-state index in [2.05, 4.69) is 21.2 Å². The molecule has 19 heavy (non-hydrogen) atoms. The molecule has 0 aromatic heterocycles. The van der Waals surface area contributed by atoms with Gasteiger partial charge in [0.25, 0.3) is 5.91 Å². The van der Waals surface area contributed by atoms with Crippen LogP contribution < -0.4 is 5.32 Å². The number of ketones is 1. The lowest BCUT2D eigenvalue weighted by molar-refractivity contribution is 0.101. The first-order chi connectivity index (χ1) is 9.08. The average Bonchev–Trinajstić information content (AvgIpc) is 2.39. The van der Waals surface area contributed by atoms with Crippen molar-refractivity contribution in [3.05, 3.63) is 64.1 Å². The number of anilines is 1. The highest BCUT2D eigenvalue weighted by molar-refractivity contribution is 9.10. The van der Waals surface area contributed by atoms with E-state index in [0.29, 0.717) is 16.8 Å². The van der Waals surface area contributed by atoms with E-state index >= 15 is 0 Å². The summed E-state index contributed by atoms with van der Waals surface area (Å²) in [6, 6.07) is 14.1. The molecule has 2 aromatic rings. The quantitative estimate of drug-likeness (QED) is 0.872. The number of benzene rings is 2. The van der Waals surface area contributed by atoms with Gasteiger partial charge in [0.05, 0.1) is 5.56 Å². The molecule has 1 amide bonds. The Hall–Kier alpha value is -1.94. The van der Waals surface area contributed by atoms with E-state index in [1.54, 1.807) is 42.5 Å². The third-order valence-electron chi connectivity index (χ3n) is 2.65. The molecule has 0 aliphatic heterocycles. The molecule has 4 heteroatoms. The van der Waals surface area contributed by atoms with Crippen LogP contribution in [0.2, 0.25) is 0 Å². The Bertz CT molecular complexity index is 638. The van der Waals surface area contributed by atoms with E-state index in [-0.39, 0.29) is 11.7 Å². The minimum Gasteiger partial charge on any atom is -0.322 e. The van der Waals surface area contributed by atoms with Crippen molar-refractivity contribution in [3.8, 4) is 0 Å². The molecule has 2 aromatic carbocycles. The number of halogens is 1. The van der Waals surface area contributed by atoms with Gasteiger partial charge in [-0.25, -0.2) is 0 Å². The molecule has 0 aliphatic rings. The molecule has 0 radical (unpaired) electrons. The summed E-state index contributed by atoms with van der Waals surface area (Å²) in [6.07, 6.45) is 0. The van der Waals surface area contributed by atoms with E-state index in [1.165, 1.54) is 6.92 Å².